The van der Waals surface area contributed by atoms with E-state index < -0.39 is 0 Å². The molecular weight excluding hydrogens is 132 g/mol. The molecule has 0 heteroatoms. The Hall–Kier alpha value is -1.04. The maximum Gasteiger partial charge on any atom is -0.0175 e. The fourth-order valence-corrected chi connectivity index (χ4v) is 1.49. The molecule has 1 aromatic carbocycles. The largest absolute Gasteiger partial charge is 0.0955 e. The first-order chi connectivity index (χ1) is 5.13. The van der Waals surface area contributed by atoms with Gasteiger partial charge in [0.25, 0.3) is 0 Å². The summed E-state index contributed by atoms with van der Waals surface area (Å²) >= 11 is 0. The molecule has 0 atom stereocenters. The minimum Gasteiger partial charge on any atom is -0.0955 e. The van der Waals surface area contributed by atoms with E-state index in [1.54, 1.807) is 0 Å². The smallest absolute Gasteiger partial charge is 0.0175 e. The maximum absolute atomic E-state index is 3.95. The summed E-state index contributed by atoms with van der Waals surface area (Å²) < 4.78 is 0. The van der Waals surface area contributed by atoms with E-state index in [0.29, 0.717) is 0 Å². The lowest BCUT2D eigenvalue weighted by Gasteiger charge is -2.07. The van der Waals surface area contributed by atoms with Gasteiger partial charge in [-0.05, 0) is 37.5 Å². The fourth-order valence-electron chi connectivity index (χ4n) is 1.49. The molecule has 0 aliphatic heterocycles. The Morgan fingerprint density at radius 3 is 1.91 bits per heavy atom. The summed E-state index contributed by atoms with van der Waals surface area (Å²) in [6, 6.07) is 6.32. The molecule has 0 unspecified atom stereocenters. The summed E-state index contributed by atoms with van der Waals surface area (Å²) in [6.07, 6.45) is 0. The van der Waals surface area contributed by atoms with Gasteiger partial charge in [-0.2, -0.15) is 0 Å². The van der Waals surface area contributed by atoms with Crippen molar-refractivity contribution in [3.63, 3.8) is 0 Å². The molecule has 11 heavy (non-hydrogen) atoms. The van der Waals surface area contributed by atoms with E-state index in [2.05, 4.69) is 45.5 Å². The second-order valence-electron chi connectivity index (χ2n) is 3.05. The van der Waals surface area contributed by atoms with Gasteiger partial charge in [0, 0.05) is 0 Å². The van der Waals surface area contributed by atoms with E-state index in [-0.39, 0.29) is 0 Å². The van der Waals surface area contributed by atoms with E-state index >= 15 is 0 Å². The summed E-state index contributed by atoms with van der Waals surface area (Å²) in [6.45, 7) is 10.2. The molecule has 0 fully saturated rings. The van der Waals surface area contributed by atoms with E-state index in [0.717, 1.165) is 5.57 Å². The van der Waals surface area contributed by atoms with E-state index in [1.165, 1.54) is 16.7 Å². The lowest BCUT2D eigenvalue weighted by molar-refractivity contribution is 1.33. The number of benzene rings is 1. The van der Waals surface area contributed by atoms with Crippen LogP contribution in [0.1, 0.15) is 23.6 Å². The number of aryl methyl sites for hydroxylation is 2. The van der Waals surface area contributed by atoms with Crippen molar-refractivity contribution >= 4 is 5.57 Å². The molecule has 1 rings (SSSR count). The topological polar surface area (TPSA) is 0 Å². The first-order valence-corrected chi connectivity index (χ1v) is 3.85. The third-order valence-corrected chi connectivity index (χ3v) is 1.91. The normalized spacial score (nSPS) is 9.73. The Morgan fingerprint density at radius 1 is 1.18 bits per heavy atom. The van der Waals surface area contributed by atoms with Gasteiger partial charge >= 0.3 is 0 Å². The summed E-state index contributed by atoms with van der Waals surface area (Å²) in [5.41, 5.74) is 5.10. The van der Waals surface area contributed by atoms with Gasteiger partial charge in [-0.15, -0.1) is 0 Å². The minimum absolute atomic E-state index is 1.15. The van der Waals surface area contributed by atoms with Crippen molar-refractivity contribution in [1.29, 1.82) is 0 Å². The zero-order valence-electron chi connectivity index (χ0n) is 7.44. The lowest BCUT2D eigenvalue weighted by Crippen LogP contribution is -1.88. The van der Waals surface area contributed by atoms with Gasteiger partial charge in [-0.3, -0.25) is 0 Å². The molecule has 0 aliphatic rings. The van der Waals surface area contributed by atoms with Crippen molar-refractivity contribution in [3.05, 3.63) is 41.5 Å². The maximum atomic E-state index is 3.95. The zero-order chi connectivity index (χ0) is 8.43. The molecule has 58 valence electrons. The second-order valence-corrected chi connectivity index (χ2v) is 3.05. The van der Waals surface area contributed by atoms with Crippen molar-refractivity contribution in [2.24, 2.45) is 0 Å². The number of hydrogen-bond donors (Lipinski definition) is 0. The van der Waals surface area contributed by atoms with Gasteiger partial charge in [0.1, 0.15) is 0 Å². The van der Waals surface area contributed by atoms with Gasteiger partial charge in [0.15, 0.2) is 0 Å². The van der Waals surface area contributed by atoms with Crippen molar-refractivity contribution in [2.75, 3.05) is 0 Å². The van der Waals surface area contributed by atoms with Crippen LogP contribution in [0.15, 0.2) is 24.8 Å². The van der Waals surface area contributed by atoms with E-state index in [1.807, 2.05) is 0 Å². The summed E-state index contributed by atoms with van der Waals surface area (Å²) in [5, 5.41) is 0. The molecule has 0 aliphatic carbocycles. The monoisotopic (exact) mass is 146 g/mol. The molecule has 0 aromatic heterocycles. The first kappa shape index (κ1) is 8.06. The molecule has 0 bridgehead atoms. The van der Waals surface area contributed by atoms with Gasteiger partial charge < -0.3 is 0 Å². The zero-order valence-corrected chi connectivity index (χ0v) is 7.44. The minimum atomic E-state index is 1.15. The molecule has 0 spiro atoms. The lowest BCUT2D eigenvalue weighted by atomic mass is 9.98. The van der Waals surface area contributed by atoms with Gasteiger partial charge in [-0.25, -0.2) is 0 Å². The summed E-state index contributed by atoms with van der Waals surface area (Å²) in [7, 11) is 0. The predicted molar refractivity (Wildman–Crippen MR) is 50.6 cm³/mol. The number of rotatable bonds is 1. The Bertz CT molecular complexity index is 262. The van der Waals surface area contributed by atoms with Crippen LogP contribution >= 0.6 is 0 Å². The molecule has 0 radical (unpaired) electrons. The highest BCUT2D eigenvalue weighted by Crippen LogP contribution is 2.20. The van der Waals surface area contributed by atoms with Crippen molar-refractivity contribution < 1.29 is 0 Å². The molecular formula is C11H14. The Labute approximate surface area is 68.6 Å². The van der Waals surface area contributed by atoms with Crippen molar-refractivity contribution in [2.45, 2.75) is 20.8 Å². The van der Waals surface area contributed by atoms with Crippen LogP contribution in [-0.4, -0.2) is 0 Å². The van der Waals surface area contributed by atoms with Crippen LogP contribution in [0, 0.1) is 13.8 Å². The summed E-state index contributed by atoms with van der Waals surface area (Å²) in [5.74, 6) is 0. The van der Waals surface area contributed by atoms with Crippen LogP contribution in [0.2, 0.25) is 0 Å². The van der Waals surface area contributed by atoms with Crippen molar-refractivity contribution in [1.82, 2.24) is 0 Å². The highest BCUT2D eigenvalue weighted by atomic mass is 14.1. The fraction of sp³-hybridized carbons (Fsp3) is 0.273. The van der Waals surface area contributed by atoms with Crippen molar-refractivity contribution in [3.8, 4) is 0 Å². The van der Waals surface area contributed by atoms with E-state index in [9.17, 15) is 0 Å². The molecule has 0 heterocycles. The average molecular weight is 146 g/mol. The highest BCUT2D eigenvalue weighted by Gasteiger charge is 2.00. The first-order valence-electron chi connectivity index (χ1n) is 3.85. The third kappa shape index (κ3) is 1.51. The van der Waals surface area contributed by atoms with Crippen LogP contribution < -0.4 is 0 Å². The number of hydrogen-bond acceptors (Lipinski definition) is 0. The van der Waals surface area contributed by atoms with Crippen LogP contribution in [0.4, 0.5) is 0 Å². The summed E-state index contributed by atoms with van der Waals surface area (Å²) in [4.78, 5) is 0. The second kappa shape index (κ2) is 2.91. The molecule has 0 N–H and O–H groups in total. The molecule has 0 saturated heterocycles. The Balaban J connectivity index is 3.32. The highest BCUT2D eigenvalue weighted by molar-refractivity contribution is 5.67. The van der Waals surface area contributed by atoms with E-state index in [4.69, 9.17) is 0 Å². The van der Waals surface area contributed by atoms with Crippen LogP contribution in [-0.2, 0) is 0 Å². The predicted octanol–water partition coefficient (Wildman–Crippen LogP) is 3.34. The third-order valence-electron chi connectivity index (χ3n) is 1.91. The van der Waals surface area contributed by atoms with Crippen LogP contribution in [0.3, 0.4) is 0 Å². The molecule has 0 nitrogen and oxygen atoms in total. The standard InChI is InChI=1S/C11H14/c1-8(2)11-9(3)6-5-7-10(11)4/h5-7H,1H2,2-4H3. The Morgan fingerprint density at radius 2 is 1.64 bits per heavy atom. The van der Waals surface area contributed by atoms with Crippen LogP contribution in [0.5, 0.6) is 0 Å². The van der Waals surface area contributed by atoms with Crippen LogP contribution in [0.25, 0.3) is 5.57 Å². The molecule has 0 amide bonds. The van der Waals surface area contributed by atoms with Gasteiger partial charge in [0.2, 0.25) is 0 Å². The number of allylic oxidation sites excluding steroid dienone is 1. The quantitative estimate of drug-likeness (QED) is 0.570. The SMILES string of the molecule is C=C(C)c1c(C)cccc1C. The average Bonchev–Trinajstić information content (AvgIpc) is 1.85. The van der Waals surface area contributed by atoms with Gasteiger partial charge in [0.05, 0.1) is 0 Å². The Kier molecular flexibility index (Phi) is 2.13. The van der Waals surface area contributed by atoms with Gasteiger partial charge in [-0.1, -0.05) is 30.4 Å². The molecule has 1 aromatic rings. The molecule has 0 saturated carbocycles.